The Kier molecular flexibility index (Phi) is 6.16. The quantitative estimate of drug-likeness (QED) is 0.713. The number of rotatable bonds is 1. The van der Waals surface area contributed by atoms with Gasteiger partial charge in [0.05, 0.1) is 5.56 Å². The van der Waals surface area contributed by atoms with Gasteiger partial charge in [0, 0.05) is 5.92 Å². The second kappa shape index (κ2) is 7.63. The minimum absolute atomic E-state index is 0.0580. The molecule has 0 amide bonds. The Balaban J connectivity index is 0.000000510. The predicted molar refractivity (Wildman–Crippen MR) is 89.1 cm³/mol. The molecule has 1 aliphatic carbocycles. The molecule has 0 aromatic heterocycles. The molecule has 3 rings (SSSR count). The lowest BCUT2D eigenvalue weighted by molar-refractivity contribution is 0.112. The third-order valence-corrected chi connectivity index (χ3v) is 3.54. The summed E-state index contributed by atoms with van der Waals surface area (Å²) in [5.74, 6) is 0.336. The lowest BCUT2D eigenvalue weighted by Gasteiger charge is -2.07. The maximum Gasteiger partial charge on any atom is 0.154 e. The SMILES string of the molecule is CC.CC.CC1c2ccccc2-c2c1ccc(O)c2C=O. The van der Waals surface area contributed by atoms with E-state index >= 15 is 0 Å². The maximum atomic E-state index is 11.1. The van der Waals surface area contributed by atoms with Crippen LogP contribution in [0.1, 0.15) is 62.0 Å². The van der Waals surface area contributed by atoms with Crippen molar-refractivity contribution >= 4 is 6.29 Å². The highest BCUT2D eigenvalue weighted by Crippen LogP contribution is 2.47. The molecule has 1 N–H and O–H groups in total. The number of benzene rings is 2. The number of aromatic hydroxyl groups is 1. The van der Waals surface area contributed by atoms with Gasteiger partial charge in [0.15, 0.2) is 6.29 Å². The topological polar surface area (TPSA) is 37.3 Å². The molecule has 0 spiro atoms. The minimum atomic E-state index is 0.0580. The van der Waals surface area contributed by atoms with E-state index in [1.165, 1.54) is 5.56 Å². The summed E-state index contributed by atoms with van der Waals surface area (Å²) in [6.45, 7) is 10.1. The highest BCUT2D eigenvalue weighted by Gasteiger charge is 2.28. The largest absolute Gasteiger partial charge is 0.507 e. The molecule has 2 aromatic carbocycles. The Labute approximate surface area is 127 Å². The first-order valence-corrected chi connectivity index (χ1v) is 7.64. The van der Waals surface area contributed by atoms with Gasteiger partial charge in [-0.15, -0.1) is 0 Å². The van der Waals surface area contributed by atoms with Crippen LogP contribution in [0.2, 0.25) is 0 Å². The number of carbonyl (C=O) groups is 1. The lowest BCUT2D eigenvalue weighted by Crippen LogP contribution is -1.91. The van der Waals surface area contributed by atoms with E-state index in [1.54, 1.807) is 6.07 Å². The first kappa shape index (κ1) is 17.0. The van der Waals surface area contributed by atoms with Crippen molar-refractivity contribution in [1.29, 1.82) is 0 Å². The van der Waals surface area contributed by atoms with Crippen molar-refractivity contribution in [2.24, 2.45) is 0 Å². The number of aldehydes is 1. The summed E-state index contributed by atoms with van der Waals surface area (Å²) in [6.07, 6.45) is 0.739. The average molecular weight is 284 g/mol. The molecule has 0 heterocycles. The monoisotopic (exact) mass is 284 g/mol. The van der Waals surface area contributed by atoms with Crippen LogP contribution < -0.4 is 0 Å². The van der Waals surface area contributed by atoms with Crippen LogP contribution in [0.25, 0.3) is 11.1 Å². The second-order valence-electron chi connectivity index (χ2n) is 4.39. The first-order chi connectivity index (χ1) is 10.2. The fourth-order valence-electron chi connectivity index (χ4n) is 2.68. The molecule has 0 saturated carbocycles. The third kappa shape index (κ3) is 2.85. The summed E-state index contributed by atoms with van der Waals surface area (Å²) in [7, 11) is 0. The van der Waals surface area contributed by atoms with Crippen LogP contribution in [0, 0.1) is 0 Å². The normalized spacial score (nSPS) is 13.9. The molecule has 2 heteroatoms. The van der Waals surface area contributed by atoms with Crippen LogP contribution in [0.4, 0.5) is 0 Å². The summed E-state index contributed by atoms with van der Waals surface area (Å²) in [5.41, 5.74) is 4.69. The van der Waals surface area contributed by atoms with E-state index in [0.717, 1.165) is 23.0 Å². The van der Waals surface area contributed by atoms with Crippen molar-refractivity contribution in [3.05, 3.63) is 53.1 Å². The Hall–Kier alpha value is -2.09. The predicted octanol–water partition coefficient (Wildman–Crippen LogP) is 5.39. The van der Waals surface area contributed by atoms with Crippen molar-refractivity contribution in [3.63, 3.8) is 0 Å². The van der Waals surface area contributed by atoms with E-state index in [4.69, 9.17) is 0 Å². The Morgan fingerprint density at radius 1 is 0.952 bits per heavy atom. The zero-order chi connectivity index (χ0) is 16.0. The fourth-order valence-corrected chi connectivity index (χ4v) is 2.68. The summed E-state index contributed by atoms with van der Waals surface area (Å²) in [4.78, 5) is 11.1. The average Bonchev–Trinajstić information content (AvgIpc) is 2.85. The molecule has 2 nitrogen and oxygen atoms in total. The number of fused-ring (bicyclic) bond motifs is 3. The zero-order valence-electron chi connectivity index (χ0n) is 13.5. The van der Waals surface area contributed by atoms with Gasteiger partial charge in [-0.2, -0.15) is 0 Å². The molecule has 0 radical (unpaired) electrons. The van der Waals surface area contributed by atoms with E-state index in [1.807, 2.05) is 52.0 Å². The molecule has 0 bridgehead atoms. The molecule has 112 valence electrons. The van der Waals surface area contributed by atoms with Crippen LogP contribution in [-0.2, 0) is 0 Å². The smallest absolute Gasteiger partial charge is 0.154 e. The van der Waals surface area contributed by atoms with Gasteiger partial charge >= 0.3 is 0 Å². The minimum Gasteiger partial charge on any atom is -0.507 e. The van der Waals surface area contributed by atoms with Gasteiger partial charge in [-0.05, 0) is 28.3 Å². The summed E-state index contributed by atoms with van der Waals surface area (Å²) >= 11 is 0. The van der Waals surface area contributed by atoms with E-state index in [0.29, 0.717) is 5.56 Å². The molecule has 2 aromatic rings. The number of hydrogen-bond donors (Lipinski definition) is 1. The van der Waals surface area contributed by atoms with E-state index < -0.39 is 0 Å². The van der Waals surface area contributed by atoms with Crippen molar-refractivity contribution in [1.82, 2.24) is 0 Å². The Morgan fingerprint density at radius 3 is 2.19 bits per heavy atom. The van der Waals surface area contributed by atoms with Gasteiger partial charge in [0.25, 0.3) is 0 Å². The van der Waals surface area contributed by atoms with Crippen molar-refractivity contribution in [2.75, 3.05) is 0 Å². The van der Waals surface area contributed by atoms with E-state index in [-0.39, 0.29) is 11.7 Å². The molecule has 1 unspecified atom stereocenters. The van der Waals surface area contributed by atoms with Crippen LogP contribution in [0.5, 0.6) is 5.75 Å². The first-order valence-electron chi connectivity index (χ1n) is 7.64. The number of phenolic OH excluding ortho intramolecular Hbond substituents is 1. The Morgan fingerprint density at radius 2 is 1.57 bits per heavy atom. The second-order valence-corrected chi connectivity index (χ2v) is 4.39. The molecule has 0 fully saturated rings. The molecule has 1 aliphatic rings. The highest BCUT2D eigenvalue weighted by molar-refractivity contribution is 5.95. The van der Waals surface area contributed by atoms with Crippen LogP contribution in [0.3, 0.4) is 0 Å². The summed E-state index contributed by atoms with van der Waals surface area (Å²) < 4.78 is 0. The highest BCUT2D eigenvalue weighted by atomic mass is 16.3. The number of phenols is 1. The number of hydrogen-bond acceptors (Lipinski definition) is 2. The molecular formula is C19H24O2. The summed E-state index contributed by atoms with van der Waals surface area (Å²) in [6, 6.07) is 11.5. The standard InChI is InChI=1S/C15H12O2.2C2H6/c1-9-10-4-2-3-5-12(10)15-11(9)6-7-14(17)13(15)8-16;2*1-2/h2-9,17H,1H3;2*1-2H3. The molecule has 0 aliphatic heterocycles. The zero-order valence-corrected chi connectivity index (χ0v) is 13.5. The lowest BCUT2D eigenvalue weighted by atomic mass is 9.97. The fraction of sp³-hybridized carbons (Fsp3) is 0.316. The number of carbonyl (C=O) groups excluding carboxylic acids is 1. The molecule has 0 saturated heterocycles. The van der Waals surface area contributed by atoms with Crippen LogP contribution >= 0.6 is 0 Å². The summed E-state index contributed by atoms with van der Waals surface area (Å²) in [5, 5.41) is 9.76. The van der Waals surface area contributed by atoms with Gasteiger partial charge < -0.3 is 5.11 Å². The van der Waals surface area contributed by atoms with Gasteiger partial charge in [0.2, 0.25) is 0 Å². The maximum absolute atomic E-state index is 11.1. The van der Waals surface area contributed by atoms with Gasteiger partial charge in [0.1, 0.15) is 5.75 Å². The Bertz CT molecular complexity index is 615. The van der Waals surface area contributed by atoms with Crippen LogP contribution in [0.15, 0.2) is 36.4 Å². The van der Waals surface area contributed by atoms with Crippen molar-refractivity contribution in [2.45, 2.75) is 40.5 Å². The van der Waals surface area contributed by atoms with Crippen LogP contribution in [-0.4, -0.2) is 11.4 Å². The van der Waals surface area contributed by atoms with Crippen molar-refractivity contribution < 1.29 is 9.90 Å². The van der Waals surface area contributed by atoms with Crippen molar-refractivity contribution in [3.8, 4) is 16.9 Å². The molecular weight excluding hydrogens is 260 g/mol. The molecule has 1 atom stereocenters. The molecule has 21 heavy (non-hydrogen) atoms. The van der Waals surface area contributed by atoms with Gasteiger partial charge in [-0.3, -0.25) is 4.79 Å². The third-order valence-electron chi connectivity index (χ3n) is 3.54. The van der Waals surface area contributed by atoms with E-state index in [2.05, 4.69) is 13.0 Å². The van der Waals surface area contributed by atoms with Gasteiger partial charge in [-0.1, -0.05) is 65.0 Å². The van der Waals surface area contributed by atoms with Gasteiger partial charge in [-0.25, -0.2) is 0 Å². The van der Waals surface area contributed by atoms with E-state index in [9.17, 15) is 9.90 Å².